The molecule has 0 atom stereocenters. The lowest BCUT2D eigenvalue weighted by Crippen LogP contribution is -2.32. The fraction of sp³-hybridized carbons (Fsp3) is 0.250. The lowest BCUT2D eigenvalue weighted by Gasteiger charge is -2.10. The van der Waals surface area contributed by atoms with Gasteiger partial charge in [-0.1, -0.05) is 48.7 Å². The molecule has 0 bridgehead atoms. The van der Waals surface area contributed by atoms with Crippen LogP contribution in [0.4, 0.5) is 0 Å². The monoisotopic (exact) mass is 438 g/mol. The van der Waals surface area contributed by atoms with Gasteiger partial charge in [-0.05, 0) is 47.7 Å². The Bertz CT molecular complexity index is 1120. The van der Waals surface area contributed by atoms with E-state index in [0.29, 0.717) is 23.0 Å². The van der Waals surface area contributed by atoms with Gasteiger partial charge in [-0.25, -0.2) is 13.1 Å². The Labute approximate surface area is 174 Å². The highest BCUT2D eigenvalue weighted by molar-refractivity contribution is 7.90. The lowest BCUT2D eigenvalue weighted by atomic mass is 10.1. The molecule has 0 saturated heterocycles. The minimum absolute atomic E-state index is 0.0665. The van der Waals surface area contributed by atoms with Gasteiger partial charge in [0.15, 0.2) is 0 Å². The molecule has 3 rings (SSSR count). The molecular weight excluding hydrogens is 419 g/mol. The first-order valence-electron chi connectivity index (χ1n) is 8.86. The molecule has 28 heavy (non-hydrogen) atoms. The standard InChI is InChI=1S/C20H20Cl2N2O3S/c1-2-3-10-28(26,27)23-20(25)15-5-4-14-8-9-24(19(14)11-15)13-16-6-7-17(21)12-18(16)22/h4-9,11-12H,2-3,10,13H2,1H3,(H,23,25). The van der Waals surface area contributed by atoms with Gasteiger partial charge in [-0.15, -0.1) is 0 Å². The number of fused-ring (bicyclic) bond motifs is 1. The van der Waals surface area contributed by atoms with E-state index in [2.05, 4.69) is 4.72 Å². The molecule has 8 heteroatoms. The van der Waals surface area contributed by atoms with Crippen LogP contribution in [0.1, 0.15) is 35.7 Å². The number of halogens is 2. The first-order chi connectivity index (χ1) is 13.3. The number of carbonyl (C=O) groups is 1. The number of aromatic nitrogens is 1. The van der Waals surface area contributed by atoms with Crippen molar-refractivity contribution >= 4 is 50.0 Å². The number of sulfonamides is 1. The number of rotatable bonds is 7. The predicted molar refractivity (Wildman–Crippen MR) is 114 cm³/mol. The van der Waals surface area contributed by atoms with E-state index < -0.39 is 15.9 Å². The van der Waals surface area contributed by atoms with Gasteiger partial charge in [0.2, 0.25) is 10.0 Å². The first-order valence-corrected chi connectivity index (χ1v) is 11.3. The Kier molecular flexibility index (Phi) is 6.33. The van der Waals surface area contributed by atoms with Crippen molar-refractivity contribution in [3.05, 3.63) is 69.8 Å². The Morgan fingerprint density at radius 3 is 2.61 bits per heavy atom. The van der Waals surface area contributed by atoms with Crippen LogP contribution in [-0.4, -0.2) is 24.6 Å². The quantitative estimate of drug-likeness (QED) is 0.572. The molecule has 5 nitrogen and oxygen atoms in total. The molecule has 0 fully saturated rings. The summed E-state index contributed by atoms with van der Waals surface area (Å²) in [6, 6.07) is 12.3. The zero-order valence-electron chi connectivity index (χ0n) is 15.3. The maximum Gasteiger partial charge on any atom is 0.264 e. The smallest absolute Gasteiger partial charge is 0.264 e. The van der Waals surface area contributed by atoms with Gasteiger partial charge in [0.25, 0.3) is 5.91 Å². The SMILES string of the molecule is CCCCS(=O)(=O)NC(=O)c1ccc2ccn(Cc3ccc(Cl)cc3Cl)c2c1. The fourth-order valence-electron chi connectivity index (χ4n) is 2.88. The molecule has 1 amide bonds. The minimum Gasteiger partial charge on any atom is -0.343 e. The number of unbranched alkanes of at least 4 members (excludes halogenated alkanes) is 1. The first kappa shape index (κ1) is 20.7. The number of hydrogen-bond acceptors (Lipinski definition) is 3. The summed E-state index contributed by atoms with van der Waals surface area (Å²) in [5, 5.41) is 2.06. The van der Waals surface area contributed by atoms with Crippen molar-refractivity contribution in [1.82, 2.24) is 9.29 Å². The molecule has 0 aliphatic heterocycles. The van der Waals surface area contributed by atoms with Crippen LogP contribution in [0.3, 0.4) is 0 Å². The molecular formula is C20H20Cl2N2O3S. The summed E-state index contributed by atoms with van der Waals surface area (Å²) in [5.74, 6) is -0.696. The van der Waals surface area contributed by atoms with Crippen LogP contribution in [0.15, 0.2) is 48.7 Å². The van der Waals surface area contributed by atoms with Gasteiger partial charge in [0.1, 0.15) is 0 Å². The van der Waals surface area contributed by atoms with Crippen molar-refractivity contribution in [3.8, 4) is 0 Å². The molecule has 1 heterocycles. The van der Waals surface area contributed by atoms with E-state index in [-0.39, 0.29) is 11.3 Å². The average molecular weight is 439 g/mol. The zero-order chi connectivity index (χ0) is 20.3. The highest BCUT2D eigenvalue weighted by atomic mass is 35.5. The summed E-state index contributed by atoms with van der Waals surface area (Å²) in [6.07, 6.45) is 3.14. The Morgan fingerprint density at radius 1 is 1.11 bits per heavy atom. The second kappa shape index (κ2) is 8.55. The largest absolute Gasteiger partial charge is 0.343 e. The van der Waals surface area contributed by atoms with E-state index in [9.17, 15) is 13.2 Å². The summed E-state index contributed by atoms with van der Waals surface area (Å²) < 4.78 is 28.1. The summed E-state index contributed by atoms with van der Waals surface area (Å²) >= 11 is 12.2. The van der Waals surface area contributed by atoms with Gasteiger partial charge in [-0.3, -0.25) is 4.79 Å². The van der Waals surface area contributed by atoms with E-state index in [1.807, 2.05) is 29.8 Å². The molecule has 2 aromatic carbocycles. The predicted octanol–water partition coefficient (Wildman–Crippen LogP) is 4.86. The molecule has 0 aliphatic rings. The van der Waals surface area contributed by atoms with Gasteiger partial charge < -0.3 is 4.57 Å². The van der Waals surface area contributed by atoms with Crippen molar-refractivity contribution in [2.75, 3.05) is 5.75 Å². The maximum atomic E-state index is 12.4. The topological polar surface area (TPSA) is 68.2 Å². The third kappa shape index (κ3) is 4.87. The lowest BCUT2D eigenvalue weighted by molar-refractivity contribution is 0.0981. The van der Waals surface area contributed by atoms with Gasteiger partial charge in [-0.2, -0.15) is 0 Å². The van der Waals surface area contributed by atoms with Crippen LogP contribution in [0, 0.1) is 0 Å². The van der Waals surface area contributed by atoms with E-state index in [1.54, 1.807) is 30.3 Å². The number of hydrogen-bond donors (Lipinski definition) is 1. The third-order valence-corrected chi connectivity index (χ3v) is 6.32. The van der Waals surface area contributed by atoms with Crippen molar-refractivity contribution in [1.29, 1.82) is 0 Å². The van der Waals surface area contributed by atoms with Gasteiger partial charge >= 0.3 is 0 Å². The van der Waals surface area contributed by atoms with E-state index in [1.165, 1.54) is 0 Å². The second-order valence-electron chi connectivity index (χ2n) is 6.56. The molecule has 0 aliphatic carbocycles. The average Bonchev–Trinajstić information content (AvgIpc) is 3.04. The van der Waals surface area contributed by atoms with Crippen LogP contribution < -0.4 is 4.72 Å². The van der Waals surface area contributed by atoms with Crippen molar-refractivity contribution in [2.45, 2.75) is 26.3 Å². The molecule has 0 spiro atoms. The Hall–Kier alpha value is -2.02. The van der Waals surface area contributed by atoms with Crippen molar-refractivity contribution < 1.29 is 13.2 Å². The van der Waals surface area contributed by atoms with Gasteiger partial charge in [0.05, 0.1) is 5.75 Å². The molecule has 0 unspecified atom stereocenters. The van der Waals surface area contributed by atoms with Crippen LogP contribution in [-0.2, 0) is 16.6 Å². The molecule has 1 aromatic heterocycles. The van der Waals surface area contributed by atoms with Crippen LogP contribution in [0.25, 0.3) is 10.9 Å². The molecule has 0 saturated carbocycles. The van der Waals surface area contributed by atoms with Crippen molar-refractivity contribution in [3.63, 3.8) is 0 Å². The summed E-state index contributed by atoms with van der Waals surface area (Å²) in [7, 11) is -3.64. The number of nitrogens with one attached hydrogen (secondary N) is 1. The molecule has 1 N–H and O–H groups in total. The fourth-order valence-corrected chi connectivity index (χ4v) is 4.52. The van der Waals surface area contributed by atoms with E-state index >= 15 is 0 Å². The molecule has 3 aromatic rings. The van der Waals surface area contributed by atoms with Crippen molar-refractivity contribution in [2.24, 2.45) is 0 Å². The number of nitrogens with zero attached hydrogens (tertiary/aromatic N) is 1. The Morgan fingerprint density at radius 2 is 1.89 bits per heavy atom. The number of benzene rings is 2. The summed E-state index contributed by atoms with van der Waals surface area (Å²) in [6.45, 7) is 2.39. The van der Waals surface area contributed by atoms with Crippen LogP contribution >= 0.6 is 23.2 Å². The highest BCUT2D eigenvalue weighted by Crippen LogP contribution is 2.24. The van der Waals surface area contributed by atoms with Crippen LogP contribution in [0.2, 0.25) is 10.0 Å². The zero-order valence-corrected chi connectivity index (χ0v) is 17.6. The highest BCUT2D eigenvalue weighted by Gasteiger charge is 2.16. The maximum absolute atomic E-state index is 12.4. The normalized spacial score (nSPS) is 11.7. The summed E-state index contributed by atoms with van der Waals surface area (Å²) in [5.41, 5.74) is 1.99. The van der Waals surface area contributed by atoms with Gasteiger partial charge in [0, 0.05) is 33.9 Å². The summed E-state index contributed by atoms with van der Waals surface area (Å²) in [4.78, 5) is 12.4. The number of carbonyl (C=O) groups excluding carboxylic acids is 1. The van der Waals surface area contributed by atoms with E-state index in [0.717, 1.165) is 22.9 Å². The van der Waals surface area contributed by atoms with E-state index in [4.69, 9.17) is 23.2 Å². The number of amides is 1. The molecule has 0 radical (unpaired) electrons. The second-order valence-corrected chi connectivity index (χ2v) is 9.24. The Balaban J connectivity index is 1.87. The minimum atomic E-state index is -3.64. The third-order valence-electron chi connectivity index (χ3n) is 4.41. The van der Waals surface area contributed by atoms with Crippen LogP contribution in [0.5, 0.6) is 0 Å². The molecule has 148 valence electrons.